The maximum absolute atomic E-state index is 12.5. The number of nitrogens with zero attached hydrogens (tertiary/aromatic N) is 4. The van der Waals surface area contributed by atoms with E-state index in [4.69, 9.17) is 9.26 Å². The van der Waals surface area contributed by atoms with Crippen LogP contribution in [0.1, 0.15) is 16.2 Å². The number of aromatic nitrogens is 4. The fourth-order valence-corrected chi connectivity index (χ4v) is 3.47. The van der Waals surface area contributed by atoms with E-state index < -0.39 is 5.91 Å². The average Bonchev–Trinajstić information content (AvgIpc) is 3.41. The molecule has 4 rings (SSSR count). The number of hydrogen-bond donors (Lipinski definition) is 1. The van der Waals surface area contributed by atoms with Gasteiger partial charge in [0.05, 0.1) is 18.5 Å². The molecule has 4 aromatic rings. The first-order valence-corrected chi connectivity index (χ1v) is 9.30. The lowest BCUT2D eigenvalue weighted by Gasteiger charge is -2.00. The predicted molar refractivity (Wildman–Crippen MR) is 105 cm³/mol. The summed E-state index contributed by atoms with van der Waals surface area (Å²) in [6, 6.07) is 8.96. The third-order valence-corrected chi connectivity index (χ3v) is 4.87. The molecule has 1 N–H and O–H groups in total. The number of methoxy groups -OCH3 is 1. The lowest BCUT2D eigenvalue weighted by Crippen LogP contribution is -2.10. The Morgan fingerprint density at radius 1 is 1.29 bits per heavy atom. The second-order valence-corrected chi connectivity index (χ2v) is 6.96. The van der Waals surface area contributed by atoms with Gasteiger partial charge in [-0.05, 0) is 19.1 Å². The van der Waals surface area contributed by atoms with Crippen LogP contribution in [0.4, 0.5) is 5.13 Å². The number of anilines is 1. The van der Waals surface area contributed by atoms with Gasteiger partial charge in [-0.25, -0.2) is 4.98 Å². The van der Waals surface area contributed by atoms with Crippen LogP contribution < -0.4 is 10.1 Å². The zero-order chi connectivity index (χ0) is 19.7. The molecule has 0 saturated carbocycles. The number of thiazole rings is 1. The molecule has 8 nitrogen and oxygen atoms in total. The van der Waals surface area contributed by atoms with Crippen molar-refractivity contribution < 1.29 is 14.1 Å². The number of amides is 1. The number of hydrogen-bond acceptors (Lipinski definition) is 7. The number of carbonyl (C=O) groups is 1. The summed E-state index contributed by atoms with van der Waals surface area (Å²) in [5.74, 6) is 0.394. The Balaban J connectivity index is 1.50. The van der Waals surface area contributed by atoms with Gasteiger partial charge in [0, 0.05) is 35.8 Å². The van der Waals surface area contributed by atoms with Gasteiger partial charge in [-0.2, -0.15) is 5.10 Å². The lowest BCUT2D eigenvalue weighted by molar-refractivity contribution is 0.0988. The topological polar surface area (TPSA) is 95.1 Å². The monoisotopic (exact) mass is 395 g/mol. The van der Waals surface area contributed by atoms with Crippen molar-refractivity contribution >= 4 is 22.4 Å². The van der Waals surface area contributed by atoms with E-state index in [1.54, 1.807) is 17.9 Å². The third-order valence-electron chi connectivity index (χ3n) is 4.11. The summed E-state index contributed by atoms with van der Waals surface area (Å²) in [5.41, 5.74) is 3.92. The molecule has 28 heavy (non-hydrogen) atoms. The van der Waals surface area contributed by atoms with E-state index in [-0.39, 0.29) is 5.76 Å². The van der Waals surface area contributed by atoms with Crippen LogP contribution >= 0.6 is 11.3 Å². The summed E-state index contributed by atoms with van der Waals surface area (Å²) < 4.78 is 12.1. The van der Waals surface area contributed by atoms with E-state index in [9.17, 15) is 4.79 Å². The van der Waals surface area contributed by atoms with E-state index in [2.05, 4.69) is 20.6 Å². The van der Waals surface area contributed by atoms with E-state index >= 15 is 0 Å². The Hall–Kier alpha value is -3.46. The summed E-state index contributed by atoms with van der Waals surface area (Å²) in [6.07, 6.45) is 1.90. The van der Waals surface area contributed by atoms with Crippen LogP contribution in [0, 0.1) is 6.92 Å². The van der Waals surface area contributed by atoms with Crippen LogP contribution in [-0.4, -0.2) is 32.9 Å². The second-order valence-electron chi connectivity index (χ2n) is 6.10. The zero-order valence-corrected chi connectivity index (χ0v) is 16.3. The molecule has 0 bridgehead atoms. The standard InChI is InChI=1S/C19H17N5O3S/c1-11-14(9-24(2)22-11)16-10-28-19(20-16)21-18(25)17-8-15(23-27-17)12-5-4-6-13(7-12)26-3/h4-10H,1-3H3,(H,20,21,25). The molecule has 0 aliphatic carbocycles. The average molecular weight is 395 g/mol. The van der Waals surface area contributed by atoms with Crippen LogP contribution in [0.3, 0.4) is 0 Å². The van der Waals surface area contributed by atoms with Crippen molar-refractivity contribution in [1.82, 2.24) is 19.9 Å². The normalized spacial score (nSPS) is 10.8. The summed E-state index contributed by atoms with van der Waals surface area (Å²) in [4.78, 5) is 16.9. The first-order valence-electron chi connectivity index (χ1n) is 8.42. The van der Waals surface area contributed by atoms with Gasteiger partial charge in [0.1, 0.15) is 11.4 Å². The van der Waals surface area contributed by atoms with E-state index in [1.807, 2.05) is 49.8 Å². The highest BCUT2D eigenvalue weighted by Crippen LogP contribution is 2.28. The Bertz CT molecular complexity index is 1140. The number of ether oxygens (including phenoxy) is 1. The Morgan fingerprint density at radius 3 is 2.89 bits per heavy atom. The SMILES string of the molecule is COc1cccc(-c2cc(C(=O)Nc3nc(-c4cn(C)nc4C)cs3)on2)c1. The van der Waals surface area contributed by atoms with E-state index in [1.165, 1.54) is 11.3 Å². The highest BCUT2D eigenvalue weighted by atomic mass is 32.1. The highest BCUT2D eigenvalue weighted by Gasteiger charge is 2.17. The Labute approximate surface area is 164 Å². The van der Waals surface area contributed by atoms with Crippen molar-refractivity contribution in [3.05, 3.63) is 53.4 Å². The van der Waals surface area contributed by atoms with Gasteiger partial charge in [-0.1, -0.05) is 17.3 Å². The molecule has 3 heterocycles. The minimum atomic E-state index is -0.412. The number of benzene rings is 1. The molecular formula is C19H17N5O3S. The number of nitrogens with one attached hydrogen (secondary N) is 1. The van der Waals surface area contributed by atoms with Crippen LogP contribution in [0.25, 0.3) is 22.5 Å². The zero-order valence-electron chi connectivity index (χ0n) is 15.5. The molecule has 0 fully saturated rings. The van der Waals surface area contributed by atoms with Gasteiger partial charge in [-0.3, -0.25) is 14.8 Å². The van der Waals surface area contributed by atoms with Gasteiger partial charge in [-0.15, -0.1) is 11.3 Å². The molecular weight excluding hydrogens is 378 g/mol. The van der Waals surface area contributed by atoms with Crippen molar-refractivity contribution in [2.75, 3.05) is 12.4 Å². The minimum Gasteiger partial charge on any atom is -0.497 e. The largest absolute Gasteiger partial charge is 0.497 e. The maximum atomic E-state index is 12.5. The maximum Gasteiger partial charge on any atom is 0.296 e. The Kier molecular flexibility index (Phi) is 4.66. The van der Waals surface area contributed by atoms with Crippen molar-refractivity contribution in [1.29, 1.82) is 0 Å². The molecule has 0 aliphatic heterocycles. The minimum absolute atomic E-state index is 0.104. The fraction of sp³-hybridized carbons (Fsp3) is 0.158. The first-order chi connectivity index (χ1) is 13.5. The van der Waals surface area contributed by atoms with Crippen LogP contribution in [0.15, 0.2) is 46.4 Å². The van der Waals surface area contributed by atoms with Gasteiger partial charge >= 0.3 is 0 Å². The molecule has 142 valence electrons. The van der Waals surface area contributed by atoms with E-state index in [0.29, 0.717) is 16.6 Å². The number of aryl methyl sites for hydroxylation is 2. The molecule has 0 aliphatic rings. The number of carbonyl (C=O) groups excluding carboxylic acids is 1. The lowest BCUT2D eigenvalue weighted by atomic mass is 10.1. The Morgan fingerprint density at radius 2 is 2.14 bits per heavy atom. The molecule has 0 saturated heterocycles. The highest BCUT2D eigenvalue weighted by molar-refractivity contribution is 7.14. The summed E-state index contributed by atoms with van der Waals surface area (Å²) in [6.45, 7) is 1.92. The van der Waals surface area contributed by atoms with Gasteiger partial charge in [0.2, 0.25) is 5.76 Å². The summed E-state index contributed by atoms with van der Waals surface area (Å²) >= 11 is 1.33. The summed E-state index contributed by atoms with van der Waals surface area (Å²) in [5, 5.41) is 13.4. The van der Waals surface area contributed by atoms with Gasteiger partial charge in [0.15, 0.2) is 5.13 Å². The smallest absolute Gasteiger partial charge is 0.296 e. The molecule has 0 radical (unpaired) electrons. The molecule has 0 spiro atoms. The molecule has 0 atom stereocenters. The van der Waals surface area contributed by atoms with Crippen molar-refractivity contribution in [2.45, 2.75) is 6.92 Å². The third kappa shape index (κ3) is 3.52. The fourth-order valence-electron chi connectivity index (χ4n) is 2.77. The van der Waals surface area contributed by atoms with Crippen molar-refractivity contribution in [3.8, 4) is 28.3 Å². The molecule has 1 amide bonds. The molecule has 3 aromatic heterocycles. The predicted octanol–water partition coefficient (Wildman–Crippen LogP) is 3.77. The quantitative estimate of drug-likeness (QED) is 0.553. The first kappa shape index (κ1) is 17.9. The van der Waals surface area contributed by atoms with Crippen molar-refractivity contribution in [2.24, 2.45) is 7.05 Å². The summed E-state index contributed by atoms with van der Waals surface area (Å²) in [7, 11) is 3.45. The molecule has 1 aromatic carbocycles. The second kappa shape index (κ2) is 7.28. The van der Waals surface area contributed by atoms with Crippen LogP contribution in [-0.2, 0) is 7.05 Å². The van der Waals surface area contributed by atoms with Crippen molar-refractivity contribution in [3.63, 3.8) is 0 Å². The van der Waals surface area contributed by atoms with Crippen LogP contribution in [0.2, 0.25) is 0 Å². The van der Waals surface area contributed by atoms with Gasteiger partial charge in [0.25, 0.3) is 5.91 Å². The molecule has 0 unspecified atom stereocenters. The van der Waals surface area contributed by atoms with E-state index in [0.717, 1.165) is 22.5 Å². The van der Waals surface area contributed by atoms with Crippen LogP contribution in [0.5, 0.6) is 5.75 Å². The van der Waals surface area contributed by atoms with Gasteiger partial charge < -0.3 is 9.26 Å². The number of rotatable bonds is 5. The molecule has 9 heteroatoms.